The van der Waals surface area contributed by atoms with Gasteiger partial charge in [0.15, 0.2) is 11.2 Å². The third-order valence-corrected chi connectivity index (χ3v) is 4.55. The number of fused-ring (bicyclic) bond motifs is 1. The second-order valence-corrected chi connectivity index (χ2v) is 6.76. The summed E-state index contributed by atoms with van der Waals surface area (Å²) in [6.45, 7) is 3.76. The van der Waals surface area contributed by atoms with Crippen molar-refractivity contribution in [3.8, 4) is 5.75 Å². The van der Waals surface area contributed by atoms with Gasteiger partial charge in [0.25, 0.3) is 5.91 Å². The minimum atomic E-state index is -0.681. The molecule has 0 saturated heterocycles. The first-order chi connectivity index (χ1) is 13.6. The van der Waals surface area contributed by atoms with Crippen LogP contribution in [0, 0.1) is 0 Å². The van der Waals surface area contributed by atoms with Gasteiger partial charge >= 0.3 is 0 Å². The van der Waals surface area contributed by atoms with Crippen LogP contribution in [0.3, 0.4) is 0 Å². The van der Waals surface area contributed by atoms with E-state index in [0.29, 0.717) is 10.9 Å². The molecule has 0 aromatic heterocycles. The summed E-state index contributed by atoms with van der Waals surface area (Å²) in [5, 5.41) is 5.59. The fourth-order valence-corrected chi connectivity index (χ4v) is 2.98. The molecule has 3 rings (SSSR count). The number of ether oxygens (including phenoxy) is 1. The van der Waals surface area contributed by atoms with Crippen molar-refractivity contribution in [3.05, 3.63) is 72.3 Å². The fourth-order valence-electron chi connectivity index (χ4n) is 2.82. The fraction of sp³-hybridized carbons (Fsp3) is 0.182. The van der Waals surface area contributed by atoms with Gasteiger partial charge < -0.3 is 10.1 Å². The molecule has 0 saturated carbocycles. The Morgan fingerprint density at radius 3 is 2.50 bits per heavy atom. The molecule has 1 atom stereocenters. The molecule has 0 fully saturated rings. The van der Waals surface area contributed by atoms with Crippen LogP contribution in [0.15, 0.2) is 66.7 Å². The maximum absolute atomic E-state index is 12.3. The van der Waals surface area contributed by atoms with Crippen molar-refractivity contribution < 1.29 is 9.53 Å². The number of amides is 1. The minimum absolute atomic E-state index is 0.312. The van der Waals surface area contributed by atoms with Gasteiger partial charge in [-0.1, -0.05) is 55.5 Å². The summed E-state index contributed by atoms with van der Waals surface area (Å²) >= 11 is 5.25. The van der Waals surface area contributed by atoms with Gasteiger partial charge in [0, 0.05) is 5.69 Å². The maximum Gasteiger partial charge on any atom is 0.279 e. The predicted molar refractivity (Wildman–Crippen MR) is 117 cm³/mol. The number of carbonyl (C=O) groups is 1. The Morgan fingerprint density at radius 1 is 1.00 bits per heavy atom. The zero-order chi connectivity index (χ0) is 19.9. The van der Waals surface area contributed by atoms with E-state index in [1.165, 1.54) is 0 Å². The Bertz CT molecular complexity index is 990. The van der Waals surface area contributed by atoms with E-state index in [4.69, 9.17) is 17.0 Å². The number of para-hydroxylation sites is 1. The summed E-state index contributed by atoms with van der Waals surface area (Å²) < 4.78 is 5.76. The van der Waals surface area contributed by atoms with E-state index >= 15 is 0 Å². The predicted octanol–water partition coefficient (Wildman–Crippen LogP) is 4.19. The van der Waals surface area contributed by atoms with Crippen molar-refractivity contribution in [3.63, 3.8) is 0 Å². The first kappa shape index (κ1) is 19.6. The van der Waals surface area contributed by atoms with Crippen LogP contribution in [-0.2, 0) is 11.2 Å². The molecule has 3 aromatic carbocycles. The topological polar surface area (TPSA) is 62.4 Å². The van der Waals surface area contributed by atoms with Gasteiger partial charge in [-0.3, -0.25) is 15.6 Å². The SMILES string of the molecule is CCc1ccccc1NC(=S)NNC(=O)[C@@H](C)Oc1ccc2ccccc2c1. The number of anilines is 1. The van der Waals surface area contributed by atoms with Gasteiger partial charge in [0.2, 0.25) is 0 Å². The van der Waals surface area contributed by atoms with Crippen molar-refractivity contribution in [2.24, 2.45) is 0 Å². The number of thiocarbonyl (C=S) groups is 1. The van der Waals surface area contributed by atoms with Crippen LogP contribution >= 0.6 is 12.2 Å². The second kappa shape index (κ2) is 9.19. The maximum atomic E-state index is 12.3. The lowest BCUT2D eigenvalue weighted by Gasteiger charge is -2.17. The van der Waals surface area contributed by atoms with E-state index in [1.807, 2.05) is 66.7 Å². The highest BCUT2D eigenvalue weighted by Gasteiger charge is 2.15. The van der Waals surface area contributed by atoms with Gasteiger partial charge in [0.05, 0.1) is 0 Å². The van der Waals surface area contributed by atoms with Crippen LogP contribution in [0.5, 0.6) is 5.75 Å². The lowest BCUT2D eigenvalue weighted by Crippen LogP contribution is -2.48. The molecule has 1 amide bonds. The highest BCUT2D eigenvalue weighted by Crippen LogP contribution is 2.21. The molecule has 0 radical (unpaired) electrons. The van der Waals surface area contributed by atoms with Crippen LogP contribution in [0.2, 0.25) is 0 Å². The van der Waals surface area contributed by atoms with Gasteiger partial charge in [-0.25, -0.2) is 0 Å². The third kappa shape index (κ3) is 4.98. The summed E-state index contributed by atoms with van der Waals surface area (Å²) in [5.41, 5.74) is 7.36. The quantitative estimate of drug-likeness (QED) is 0.448. The van der Waals surface area contributed by atoms with Gasteiger partial charge in [-0.15, -0.1) is 0 Å². The number of hydrazine groups is 1. The van der Waals surface area contributed by atoms with E-state index in [9.17, 15) is 4.79 Å². The third-order valence-electron chi connectivity index (χ3n) is 4.35. The zero-order valence-electron chi connectivity index (χ0n) is 15.9. The molecule has 0 spiro atoms. The van der Waals surface area contributed by atoms with Crippen LogP contribution in [-0.4, -0.2) is 17.1 Å². The standard InChI is InChI=1S/C22H23N3O2S/c1-3-16-8-6-7-11-20(16)23-22(28)25-24-21(26)15(2)27-19-13-12-17-9-4-5-10-18(17)14-19/h4-15H,3H2,1-2H3,(H,24,26)(H2,23,25,28)/t15-/m1/s1. The molecule has 6 heteroatoms. The number of benzene rings is 3. The smallest absolute Gasteiger partial charge is 0.279 e. The number of hydrogen-bond acceptors (Lipinski definition) is 3. The van der Waals surface area contributed by atoms with E-state index in [1.54, 1.807) is 6.92 Å². The van der Waals surface area contributed by atoms with Gasteiger partial charge in [0.1, 0.15) is 5.75 Å². The lowest BCUT2D eigenvalue weighted by atomic mass is 10.1. The Balaban J connectivity index is 1.52. The first-order valence-electron chi connectivity index (χ1n) is 9.17. The van der Waals surface area contributed by atoms with Crippen molar-refractivity contribution in [1.82, 2.24) is 10.9 Å². The van der Waals surface area contributed by atoms with Crippen LogP contribution in [0.25, 0.3) is 10.8 Å². The highest BCUT2D eigenvalue weighted by molar-refractivity contribution is 7.80. The Hall–Kier alpha value is -3.12. The molecule has 0 unspecified atom stereocenters. The molecule has 0 aliphatic heterocycles. The van der Waals surface area contributed by atoms with Crippen molar-refractivity contribution >= 4 is 39.7 Å². The van der Waals surface area contributed by atoms with Crippen molar-refractivity contribution in [2.45, 2.75) is 26.4 Å². The average molecular weight is 394 g/mol. The molecule has 144 valence electrons. The highest BCUT2D eigenvalue weighted by atomic mass is 32.1. The second-order valence-electron chi connectivity index (χ2n) is 6.35. The summed E-state index contributed by atoms with van der Waals surface area (Å²) in [6, 6.07) is 21.6. The molecular weight excluding hydrogens is 370 g/mol. The van der Waals surface area contributed by atoms with Gasteiger partial charge in [-0.2, -0.15) is 0 Å². The number of aryl methyl sites for hydroxylation is 1. The average Bonchev–Trinajstić information content (AvgIpc) is 2.72. The van der Waals surface area contributed by atoms with Crippen molar-refractivity contribution in [1.29, 1.82) is 0 Å². The molecular formula is C22H23N3O2S. The Kier molecular flexibility index (Phi) is 6.45. The Labute approximate surface area is 170 Å². The molecule has 28 heavy (non-hydrogen) atoms. The summed E-state index contributed by atoms with van der Waals surface area (Å²) in [5.74, 6) is 0.319. The molecule has 0 bridgehead atoms. The lowest BCUT2D eigenvalue weighted by molar-refractivity contribution is -0.127. The van der Waals surface area contributed by atoms with E-state index in [0.717, 1.165) is 28.4 Å². The summed E-state index contributed by atoms with van der Waals surface area (Å²) in [4.78, 5) is 12.3. The largest absolute Gasteiger partial charge is 0.481 e. The van der Waals surface area contributed by atoms with Crippen LogP contribution < -0.4 is 20.9 Å². The molecule has 0 heterocycles. The number of carbonyl (C=O) groups excluding carboxylic acids is 1. The monoisotopic (exact) mass is 393 g/mol. The first-order valence-corrected chi connectivity index (χ1v) is 9.58. The van der Waals surface area contributed by atoms with Crippen LogP contribution in [0.1, 0.15) is 19.4 Å². The molecule has 0 aliphatic rings. The van der Waals surface area contributed by atoms with E-state index in [-0.39, 0.29) is 5.91 Å². The van der Waals surface area contributed by atoms with E-state index in [2.05, 4.69) is 23.1 Å². The van der Waals surface area contributed by atoms with E-state index < -0.39 is 6.10 Å². The van der Waals surface area contributed by atoms with Gasteiger partial charge in [-0.05, 0) is 60.1 Å². The number of nitrogens with one attached hydrogen (secondary N) is 3. The molecule has 3 N–H and O–H groups in total. The summed E-state index contributed by atoms with van der Waals surface area (Å²) in [7, 11) is 0. The molecule has 3 aromatic rings. The normalized spacial score (nSPS) is 11.5. The molecule has 5 nitrogen and oxygen atoms in total. The molecule has 0 aliphatic carbocycles. The minimum Gasteiger partial charge on any atom is -0.481 e. The zero-order valence-corrected chi connectivity index (χ0v) is 16.7. The van der Waals surface area contributed by atoms with Crippen molar-refractivity contribution in [2.75, 3.05) is 5.32 Å². The Morgan fingerprint density at radius 2 is 1.71 bits per heavy atom. The number of hydrogen-bond donors (Lipinski definition) is 3. The summed E-state index contributed by atoms with van der Waals surface area (Å²) in [6.07, 6.45) is 0.203. The number of rotatable bonds is 5. The van der Waals surface area contributed by atoms with Crippen LogP contribution in [0.4, 0.5) is 5.69 Å².